The maximum Gasteiger partial charge on any atom is 0.134 e. The third kappa shape index (κ3) is 2.97. The molecule has 1 saturated heterocycles. The van der Waals surface area contributed by atoms with Gasteiger partial charge in [-0.2, -0.15) is 0 Å². The fourth-order valence-corrected chi connectivity index (χ4v) is 2.94. The average molecular weight is 269 g/mol. The third-order valence-electron chi connectivity index (χ3n) is 3.84. The first-order chi connectivity index (χ1) is 8.61. The molecule has 0 radical (unpaired) electrons. The molecule has 0 aromatic heterocycles. The minimum Gasteiger partial charge on any atom is -0.506 e. The number of phenolic OH excluding ortho intramolecular Hbond substituents is 1. The first-order valence-electron chi connectivity index (χ1n) is 6.55. The zero-order valence-corrected chi connectivity index (χ0v) is 11.5. The summed E-state index contributed by atoms with van der Waals surface area (Å²) in [6, 6.07) is 6.44. The number of benzene rings is 1. The van der Waals surface area contributed by atoms with Crippen molar-refractivity contribution < 1.29 is 5.11 Å². The van der Waals surface area contributed by atoms with E-state index in [2.05, 4.69) is 11.8 Å². The number of hydrogen-bond donors (Lipinski definition) is 2. The third-order valence-corrected chi connectivity index (χ3v) is 4.15. The molecule has 0 saturated carbocycles. The lowest BCUT2D eigenvalue weighted by Gasteiger charge is -2.40. The summed E-state index contributed by atoms with van der Waals surface area (Å²) in [5, 5.41) is 9.85. The van der Waals surface area contributed by atoms with E-state index in [9.17, 15) is 5.11 Å². The molecule has 1 aliphatic heterocycles. The summed E-state index contributed by atoms with van der Waals surface area (Å²) >= 11 is 5.94. The number of rotatable bonds is 3. The van der Waals surface area contributed by atoms with Crippen LogP contribution in [0.15, 0.2) is 18.2 Å². The zero-order valence-electron chi connectivity index (χ0n) is 10.8. The monoisotopic (exact) mass is 268 g/mol. The molecule has 1 fully saturated rings. The van der Waals surface area contributed by atoms with E-state index >= 15 is 0 Å². The standard InChI is InChI=1S/C14H21ClN2O/c1-10-3-2-4-12(8-16)17(10)9-11-5-6-14(18)13(15)7-11/h5-7,10,12,18H,2-4,8-9,16H2,1H3. The molecule has 1 heterocycles. The van der Waals surface area contributed by atoms with Gasteiger partial charge in [0.05, 0.1) is 5.02 Å². The fourth-order valence-electron chi connectivity index (χ4n) is 2.74. The Hall–Kier alpha value is -0.770. The quantitative estimate of drug-likeness (QED) is 0.886. The van der Waals surface area contributed by atoms with Crippen molar-refractivity contribution in [3.05, 3.63) is 28.8 Å². The second kappa shape index (κ2) is 5.91. The van der Waals surface area contributed by atoms with Crippen LogP contribution in [-0.4, -0.2) is 28.6 Å². The van der Waals surface area contributed by atoms with Crippen molar-refractivity contribution in [3.8, 4) is 5.75 Å². The minimum atomic E-state index is 0.141. The van der Waals surface area contributed by atoms with Crippen molar-refractivity contribution >= 4 is 11.6 Å². The fraction of sp³-hybridized carbons (Fsp3) is 0.571. The van der Waals surface area contributed by atoms with E-state index in [1.54, 1.807) is 6.07 Å². The van der Waals surface area contributed by atoms with E-state index in [0.717, 1.165) is 12.1 Å². The summed E-state index contributed by atoms with van der Waals surface area (Å²) in [5.74, 6) is 0.141. The topological polar surface area (TPSA) is 49.5 Å². The molecule has 1 aromatic carbocycles. The Morgan fingerprint density at radius 2 is 2.22 bits per heavy atom. The van der Waals surface area contributed by atoms with Crippen molar-refractivity contribution in [1.82, 2.24) is 4.90 Å². The van der Waals surface area contributed by atoms with Crippen LogP contribution in [0.1, 0.15) is 31.7 Å². The van der Waals surface area contributed by atoms with E-state index in [1.165, 1.54) is 19.3 Å². The second-order valence-corrected chi connectivity index (χ2v) is 5.53. The smallest absolute Gasteiger partial charge is 0.134 e. The number of phenols is 1. The molecule has 0 spiro atoms. The van der Waals surface area contributed by atoms with E-state index in [4.69, 9.17) is 17.3 Å². The largest absolute Gasteiger partial charge is 0.506 e. The summed E-state index contributed by atoms with van der Waals surface area (Å²) in [7, 11) is 0. The van der Waals surface area contributed by atoms with E-state index in [1.807, 2.05) is 12.1 Å². The predicted molar refractivity (Wildman–Crippen MR) is 74.8 cm³/mol. The molecule has 2 rings (SSSR count). The van der Waals surface area contributed by atoms with Gasteiger partial charge in [0.1, 0.15) is 5.75 Å². The summed E-state index contributed by atoms with van der Waals surface area (Å²) in [6.45, 7) is 3.81. The van der Waals surface area contributed by atoms with Gasteiger partial charge in [-0.05, 0) is 37.5 Å². The van der Waals surface area contributed by atoms with Gasteiger partial charge in [0.15, 0.2) is 0 Å². The summed E-state index contributed by atoms with van der Waals surface area (Å²) in [4.78, 5) is 2.45. The molecule has 2 atom stereocenters. The van der Waals surface area contributed by atoms with Gasteiger partial charge >= 0.3 is 0 Å². The van der Waals surface area contributed by atoms with Gasteiger partial charge in [-0.25, -0.2) is 0 Å². The van der Waals surface area contributed by atoms with Crippen LogP contribution in [0, 0.1) is 0 Å². The molecule has 4 heteroatoms. The van der Waals surface area contributed by atoms with Crippen molar-refractivity contribution in [2.45, 2.75) is 44.8 Å². The highest BCUT2D eigenvalue weighted by atomic mass is 35.5. The molecule has 18 heavy (non-hydrogen) atoms. The normalized spacial score (nSPS) is 25.3. The first kappa shape index (κ1) is 13.7. The van der Waals surface area contributed by atoms with Crippen molar-refractivity contribution in [2.24, 2.45) is 5.73 Å². The highest BCUT2D eigenvalue weighted by Gasteiger charge is 2.26. The Balaban J connectivity index is 2.12. The second-order valence-electron chi connectivity index (χ2n) is 5.13. The molecule has 1 aliphatic rings. The summed E-state index contributed by atoms with van der Waals surface area (Å²) in [6.07, 6.45) is 3.66. The van der Waals surface area contributed by atoms with Gasteiger partial charge in [-0.3, -0.25) is 4.90 Å². The van der Waals surface area contributed by atoms with Crippen molar-refractivity contribution in [1.29, 1.82) is 0 Å². The number of nitrogens with zero attached hydrogens (tertiary/aromatic N) is 1. The van der Waals surface area contributed by atoms with Gasteiger partial charge in [0.25, 0.3) is 0 Å². The van der Waals surface area contributed by atoms with Crippen LogP contribution in [0.25, 0.3) is 0 Å². The van der Waals surface area contributed by atoms with E-state index < -0.39 is 0 Å². The van der Waals surface area contributed by atoms with E-state index in [-0.39, 0.29) is 5.75 Å². The number of nitrogens with two attached hydrogens (primary N) is 1. The zero-order chi connectivity index (χ0) is 13.1. The highest BCUT2D eigenvalue weighted by molar-refractivity contribution is 6.32. The Morgan fingerprint density at radius 1 is 1.44 bits per heavy atom. The number of likely N-dealkylation sites (tertiary alicyclic amines) is 1. The molecule has 3 nitrogen and oxygen atoms in total. The minimum absolute atomic E-state index is 0.141. The van der Waals surface area contributed by atoms with Gasteiger partial charge < -0.3 is 10.8 Å². The first-order valence-corrected chi connectivity index (χ1v) is 6.93. The van der Waals surface area contributed by atoms with Gasteiger partial charge in [0, 0.05) is 25.2 Å². The summed E-state index contributed by atoms with van der Waals surface area (Å²) in [5.41, 5.74) is 6.99. The molecule has 3 N–H and O–H groups in total. The SMILES string of the molecule is CC1CCCC(CN)N1Cc1ccc(O)c(Cl)c1. The summed E-state index contributed by atoms with van der Waals surface area (Å²) < 4.78 is 0. The van der Waals surface area contributed by atoms with E-state index in [0.29, 0.717) is 23.7 Å². The Kier molecular flexibility index (Phi) is 4.49. The molecule has 0 amide bonds. The Labute approximate surface area is 114 Å². The Morgan fingerprint density at radius 3 is 2.89 bits per heavy atom. The molecule has 2 unspecified atom stereocenters. The lowest BCUT2D eigenvalue weighted by molar-refractivity contribution is 0.0892. The molecular formula is C14H21ClN2O. The molecule has 1 aromatic rings. The Bertz CT molecular complexity index is 411. The lowest BCUT2D eigenvalue weighted by atomic mass is 9.95. The van der Waals surface area contributed by atoms with Gasteiger partial charge in [-0.1, -0.05) is 24.1 Å². The predicted octanol–water partition coefficient (Wildman–Crippen LogP) is 2.75. The van der Waals surface area contributed by atoms with Gasteiger partial charge in [0.2, 0.25) is 0 Å². The molecule has 0 bridgehead atoms. The molecule has 100 valence electrons. The van der Waals surface area contributed by atoms with Crippen molar-refractivity contribution in [2.75, 3.05) is 6.54 Å². The number of piperidine rings is 1. The van der Waals surface area contributed by atoms with Crippen LogP contribution in [0.3, 0.4) is 0 Å². The average Bonchev–Trinajstić information content (AvgIpc) is 2.36. The van der Waals surface area contributed by atoms with Crippen LogP contribution in [0.2, 0.25) is 5.02 Å². The van der Waals surface area contributed by atoms with Crippen LogP contribution < -0.4 is 5.73 Å². The number of aromatic hydroxyl groups is 1. The van der Waals surface area contributed by atoms with Crippen LogP contribution in [0.4, 0.5) is 0 Å². The van der Waals surface area contributed by atoms with Crippen molar-refractivity contribution in [3.63, 3.8) is 0 Å². The molecule has 0 aliphatic carbocycles. The lowest BCUT2D eigenvalue weighted by Crippen LogP contribution is -2.48. The maximum absolute atomic E-state index is 9.43. The van der Waals surface area contributed by atoms with Crippen LogP contribution in [0.5, 0.6) is 5.75 Å². The van der Waals surface area contributed by atoms with Gasteiger partial charge in [-0.15, -0.1) is 0 Å². The number of halogens is 1. The van der Waals surface area contributed by atoms with Crippen LogP contribution in [-0.2, 0) is 6.54 Å². The highest BCUT2D eigenvalue weighted by Crippen LogP contribution is 2.28. The number of hydrogen-bond acceptors (Lipinski definition) is 3. The van der Waals surface area contributed by atoms with Crippen LogP contribution >= 0.6 is 11.6 Å². The maximum atomic E-state index is 9.43. The molecular weight excluding hydrogens is 248 g/mol.